The van der Waals surface area contributed by atoms with Gasteiger partial charge in [0.1, 0.15) is 5.82 Å². The molecule has 1 rings (SSSR count). The first-order valence-corrected chi connectivity index (χ1v) is 4.91. The highest BCUT2D eigenvalue weighted by atomic mass is 19.1. The van der Waals surface area contributed by atoms with E-state index in [-0.39, 0.29) is 5.82 Å². The lowest BCUT2D eigenvalue weighted by Gasteiger charge is -2.20. The summed E-state index contributed by atoms with van der Waals surface area (Å²) in [6, 6.07) is 4.36. The van der Waals surface area contributed by atoms with Gasteiger partial charge in [-0.05, 0) is 25.1 Å². The van der Waals surface area contributed by atoms with Crippen LogP contribution in [0.15, 0.2) is 18.2 Å². The minimum absolute atomic E-state index is 0.303. The fourth-order valence-corrected chi connectivity index (χ4v) is 1.50. The summed E-state index contributed by atoms with van der Waals surface area (Å²) in [5, 5.41) is 9.81. The van der Waals surface area contributed by atoms with E-state index in [4.69, 9.17) is 5.73 Å². The van der Waals surface area contributed by atoms with Crippen LogP contribution in [0.4, 0.5) is 10.1 Å². The molecule has 1 aromatic carbocycles. The maximum atomic E-state index is 13.0. The number of halogens is 1. The highest BCUT2D eigenvalue weighted by Crippen LogP contribution is 2.27. The molecule has 0 aliphatic heterocycles. The van der Waals surface area contributed by atoms with E-state index in [1.807, 2.05) is 14.1 Å². The van der Waals surface area contributed by atoms with Gasteiger partial charge in [0.15, 0.2) is 0 Å². The minimum atomic E-state index is -0.631. The lowest BCUT2D eigenvalue weighted by molar-refractivity contribution is 0.170. The van der Waals surface area contributed by atoms with Crippen LogP contribution in [0.3, 0.4) is 0 Å². The lowest BCUT2D eigenvalue weighted by Crippen LogP contribution is -2.15. The van der Waals surface area contributed by atoms with Crippen LogP contribution in [-0.2, 0) is 0 Å². The van der Waals surface area contributed by atoms with E-state index in [1.54, 1.807) is 11.0 Å². The zero-order valence-corrected chi connectivity index (χ0v) is 9.07. The van der Waals surface area contributed by atoms with E-state index < -0.39 is 6.10 Å². The van der Waals surface area contributed by atoms with E-state index in [1.165, 1.54) is 12.1 Å². The summed E-state index contributed by atoms with van der Waals surface area (Å²) < 4.78 is 13.0. The summed E-state index contributed by atoms with van der Waals surface area (Å²) in [7, 11) is 3.63. The molecule has 0 saturated heterocycles. The summed E-state index contributed by atoms with van der Waals surface area (Å²) in [6.07, 6.45) is -0.153. The van der Waals surface area contributed by atoms with Gasteiger partial charge in [0.25, 0.3) is 0 Å². The third-order valence-corrected chi connectivity index (χ3v) is 2.27. The van der Waals surface area contributed by atoms with Gasteiger partial charge in [0.2, 0.25) is 0 Å². The molecule has 3 N–H and O–H groups in total. The molecule has 4 heteroatoms. The van der Waals surface area contributed by atoms with Crippen LogP contribution in [0, 0.1) is 5.82 Å². The summed E-state index contributed by atoms with van der Waals surface area (Å²) in [5.41, 5.74) is 6.78. The number of aliphatic hydroxyl groups is 1. The van der Waals surface area contributed by atoms with E-state index in [2.05, 4.69) is 0 Å². The molecule has 1 aromatic rings. The average molecular weight is 212 g/mol. The molecular weight excluding hydrogens is 195 g/mol. The molecule has 0 aliphatic carbocycles. The Kier molecular flexibility index (Phi) is 4.05. The summed E-state index contributed by atoms with van der Waals surface area (Å²) in [4.78, 5) is 1.78. The molecule has 0 heterocycles. The van der Waals surface area contributed by atoms with Crippen molar-refractivity contribution < 1.29 is 9.50 Å². The molecular formula is C11H17FN2O. The molecule has 84 valence electrons. The molecule has 0 amide bonds. The van der Waals surface area contributed by atoms with Gasteiger partial charge in [0.05, 0.1) is 6.10 Å². The normalized spacial score (nSPS) is 12.6. The Morgan fingerprint density at radius 3 is 2.67 bits per heavy atom. The Hall–Kier alpha value is -1.13. The molecule has 0 saturated carbocycles. The number of anilines is 1. The van der Waals surface area contributed by atoms with Crippen molar-refractivity contribution in [1.29, 1.82) is 0 Å². The third-order valence-electron chi connectivity index (χ3n) is 2.27. The highest BCUT2D eigenvalue weighted by Gasteiger charge is 2.13. The predicted molar refractivity (Wildman–Crippen MR) is 59.4 cm³/mol. The van der Waals surface area contributed by atoms with Crippen LogP contribution >= 0.6 is 0 Å². The van der Waals surface area contributed by atoms with Crippen LogP contribution < -0.4 is 10.6 Å². The molecule has 15 heavy (non-hydrogen) atoms. The van der Waals surface area contributed by atoms with E-state index >= 15 is 0 Å². The predicted octanol–water partition coefficient (Wildman–Crippen LogP) is 1.27. The highest BCUT2D eigenvalue weighted by molar-refractivity contribution is 5.53. The maximum Gasteiger partial charge on any atom is 0.125 e. The molecule has 0 aliphatic rings. The Morgan fingerprint density at radius 2 is 2.13 bits per heavy atom. The molecule has 0 fully saturated rings. The number of nitrogens with zero attached hydrogens (tertiary/aromatic N) is 1. The largest absolute Gasteiger partial charge is 0.388 e. The summed E-state index contributed by atoms with van der Waals surface area (Å²) in [5.74, 6) is -0.303. The second kappa shape index (κ2) is 5.09. The van der Waals surface area contributed by atoms with E-state index in [0.717, 1.165) is 0 Å². The molecule has 0 spiro atoms. The van der Waals surface area contributed by atoms with Crippen molar-refractivity contribution in [2.24, 2.45) is 5.73 Å². The van der Waals surface area contributed by atoms with Crippen molar-refractivity contribution in [3.05, 3.63) is 29.6 Å². The van der Waals surface area contributed by atoms with Crippen LogP contribution in [0.1, 0.15) is 18.1 Å². The second-order valence-electron chi connectivity index (χ2n) is 3.69. The summed E-state index contributed by atoms with van der Waals surface area (Å²) in [6.45, 7) is 0.408. The van der Waals surface area contributed by atoms with Gasteiger partial charge in [-0.1, -0.05) is 6.07 Å². The average Bonchev–Trinajstić information content (AvgIpc) is 2.17. The lowest BCUT2D eigenvalue weighted by atomic mass is 10.0. The number of aliphatic hydroxyl groups excluding tert-OH is 1. The monoisotopic (exact) mass is 212 g/mol. The van der Waals surface area contributed by atoms with Crippen molar-refractivity contribution in [3.8, 4) is 0 Å². The first-order chi connectivity index (χ1) is 7.06. The molecule has 1 atom stereocenters. The van der Waals surface area contributed by atoms with Crippen LogP contribution in [-0.4, -0.2) is 25.7 Å². The Morgan fingerprint density at radius 1 is 1.47 bits per heavy atom. The van der Waals surface area contributed by atoms with Gasteiger partial charge < -0.3 is 15.7 Å². The molecule has 0 unspecified atom stereocenters. The summed E-state index contributed by atoms with van der Waals surface area (Å²) >= 11 is 0. The number of hydrogen-bond donors (Lipinski definition) is 2. The standard InChI is InChI=1S/C11H17FN2O/c1-14(2)10-7-8(12)3-4-9(10)11(15)5-6-13/h3-4,7,11,15H,5-6,13H2,1-2H3/t11-/m0/s1. The van der Waals surface area contributed by atoms with E-state index in [0.29, 0.717) is 24.2 Å². The fraction of sp³-hybridized carbons (Fsp3) is 0.455. The Balaban J connectivity index is 3.05. The Bertz CT molecular complexity index is 328. The third kappa shape index (κ3) is 2.91. The zero-order valence-electron chi connectivity index (χ0n) is 9.07. The van der Waals surface area contributed by atoms with Crippen LogP contribution in [0.25, 0.3) is 0 Å². The molecule has 3 nitrogen and oxygen atoms in total. The van der Waals surface area contributed by atoms with Crippen molar-refractivity contribution in [2.45, 2.75) is 12.5 Å². The quantitative estimate of drug-likeness (QED) is 0.790. The zero-order chi connectivity index (χ0) is 11.4. The second-order valence-corrected chi connectivity index (χ2v) is 3.69. The number of benzene rings is 1. The Labute approximate surface area is 89.3 Å². The fourth-order valence-electron chi connectivity index (χ4n) is 1.50. The van der Waals surface area contributed by atoms with Crippen molar-refractivity contribution in [2.75, 3.05) is 25.5 Å². The molecule has 0 bridgehead atoms. The van der Waals surface area contributed by atoms with Gasteiger partial charge >= 0.3 is 0 Å². The van der Waals surface area contributed by atoms with Crippen molar-refractivity contribution >= 4 is 5.69 Å². The van der Waals surface area contributed by atoms with Crippen molar-refractivity contribution in [3.63, 3.8) is 0 Å². The smallest absolute Gasteiger partial charge is 0.125 e. The first-order valence-electron chi connectivity index (χ1n) is 4.91. The van der Waals surface area contributed by atoms with Gasteiger partial charge in [-0.2, -0.15) is 0 Å². The van der Waals surface area contributed by atoms with Crippen LogP contribution in [0.5, 0.6) is 0 Å². The first kappa shape index (κ1) is 11.9. The van der Waals surface area contributed by atoms with Crippen molar-refractivity contribution in [1.82, 2.24) is 0 Å². The topological polar surface area (TPSA) is 49.5 Å². The van der Waals surface area contributed by atoms with Gasteiger partial charge in [-0.15, -0.1) is 0 Å². The number of hydrogen-bond acceptors (Lipinski definition) is 3. The maximum absolute atomic E-state index is 13.0. The molecule has 0 radical (unpaired) electrons. The molecule has 0 aromatic heterocycles. The van der Waals surface area contributed by atoms with Gasteiger partial charge in [-0.3, -0.25) is 0 Å². The van der Waals surface area contributed by atoms with Gasteiger partial charge in [-0.25, -0.2) is 4.39 Å². The number of nitrogens with two attached hydrogens (primary N) is 1. The minimum Gasteiger partial charge on any atom is -0.388 e. The SMILES string of the molecule is CN(C)c1cc(F)ccc1[C@@H](O)CCN. The van der Waals surface area contributed by atoms with Crippen LogP contribution in [0.2, 0.25) is 0 Å². The van der Waals surface area contributed by atoms with E-state index in [9.17, 15) is 9.50 Å². The number of rotatable bonds is 4. The van der Waals surface area contributed by atoms with Gasteiger partial charge in [0, 0.05) is 25.3 Å².